The first kappa shape index (κ1) is 17.7. The van der Waals surface area contributed by atoms with E-state index < -0.39 is 0 Å². The van der Waals surface area contributed by atoms with E-state index >= 15 is 0 Å². The molecule has 0 aliphatic rings. The summed E-state index contributed by atoms with van der Waals surface area (Å²) in [6.07, 6.45) is 3.78. The van der Waals surface area contributed by atoms with Crippen molar-refractivity contribution in [2.24, 2.45) is 0 Å². The lowest BCUT2D eigenvalue weighted by Gasteiger charge is -2.15. The number of carbonyl (C=O) groups excluding carboxylic acids is 1. The number of benzene rings is 2. The Morgan fingerprint density at radius 1 is 1.25 bits per heavy atom. The first-order valence-corrected chi connectivity index (χ1v) is 7.89. The second-order valence-corrected chi connectivity index (χ2v) is 5.75. The van der Waals surface area contributed by atoms with Crippen LogP contribution in [0, 0.1) is 12.7 Å². The number of rotatable bonds is 6. The van der Waals surface area contributed by atoms with Crippen molar-refractivity contribution in [3.8, 4) is 0 Å². The summed E-state index contributed by atoms with van der Waals surface area (Å²) in [5.41, 5.74) is 4.45. The minimum Gasteiger partial charge on any atom is -0.381 e. The van der Waals surface area contributed by atoms with Gasteiger partial charge in [-0.2, -0.15) is 0 Å². The van der Waals surface area contributed by atoms with Crippen LogP contribution in [-0.2, 0) is 6.54 Å². The lowest BCUT2D eigenvalue weighted by Crippen LogP contribution is -2.14. The third-order valence-electron chi connectivity index (χ3n) is 3.84. The van der Waals surface area contributed by atoms with Gasteiger partial charge in [0.25, 0.3) is 0 Å². The molecule has 0 atom stereocenters. The van der Waals surface area contributed by atoms with E-state index in [1.165, 1.54) is 6.07 Å². The number of ketones is 1. The molecule has 0 fully saturated rings. The first-order chi connectivity index (χ1) is 11.4. The molecule has 2 aromatic carbocycles. The Balaban J connectivity index is 2.26. The molecule has 0 spiro atoms. The highest BCUT2D eigenvalue weighted by Gasteiger charge is 2.12. The summed E-state index contributed by atoms with van der Waals surface area (Å²) < 4.78 is 13.9. The summed E-state index contributed by atoms with van der Waals surface area (Å²) in [5, 5.41) is 3.16. The van der Waals surface area contributed by atoms with Crippen LogP contribution in [0.5, 0.6) is 0 Å². The summed E-state index contributed by atoms with van der Waals surface area (Å²) in [5.74, 6) is -0.233. The number of aryl methyl sites for hydroxylation is 1. The number of hydrogen-bond acceptors (Lipinski definition) is 2. The third kappa shape index (κ3) is 3.99. The van der Waals surface area contributed by atoms with Crippen molar-refractivity contribution >= 4 is 17.6 Å². The Bertz CT molecular complexity index is 805. The average molecular weight is 323 g/mol. The van der Waals surface area contributed by atoms with E-state index in [0.717, 1.165) is 16.7 Å². The zero-order chi connectivity index (χ0) is 17.7. The van der Waals surface area contributed by atoms with Gasteiger partial charge in [0, 0.05) is 28.9 Å². The molecule has 0 saturated heterocycles. The van der Waals surface area contributed by atoms with Gasteiger partial charge >= 0.3 is 0 Å². The Labute approximate surface area is 142 Å². The van der Waals surface area contributed by atoms with Gasteiger partial charge in [-0.25, -0.2) is 4.39 Å². The van der Waals surface area contributed by atoms with E-state index in [9.17, 15) is 9.18 Å². The molecule has 3 heteroatoms. The van der Waals surface area contributed by atoms with Crippen LogP contribution in [0.3, 0.4) is 0 Å². The third-order valence-corrected chi connectivity index (χ3v) is 3.84. The molecule has 0 radical (unpaired) electrons. The van der Waals surface area contributed by atoms with E-state index in [1.54, 1.807) is 19.1 Å². The standard InChI is InChI=1S/C21H22FNO/c1-5-7-20-18(8-6-9-19(20)16(4)24)15(3)23-13-17-11-10-14(2)12-21(17)22/h5-12,23H,3,13H2,1-2,4H3/b7-5-. The van der Waals surface area contributed by atoms with Gasteiger partial charge in [-0.1, -0.05) is 49.1 Å². The Hall–Kier alpha value is -2.68. The lowest BCUT2D eigenvalue weighted by atomic mass is 9.96. The van der Waals surface area contributed by atoms with Crippen molar-refractivity contribution in [2.45, 2.75) is 27.3 Å². The van der Waals surface area contributed by atoms with Gasteiger partial charge in [-0.05, 0) is 38.0 Å². The number of Topliss-reactive ketones (excluding diaryl/α,β-unsaturated/α-hetero) is 1. The fraction of sp³-hybridized carbons (Fsp3) is 0.190. The second kappa shape index (κ2) is 7.73. The molecule has 0 bridgehead atoms. The average Bonchev–Trinajstić information content (AvgIpc) is 2.54. The summed E-state index contributed by atoms with van der Waals surface area (Å²) in [6, 6.07) is 10.7. The highest BCUT2D eigenvalue weighted by atomic mass is 19.1. The van der Waals surface area contributed by atoms with Gasteiger partial charge in [0.15, 0.2) is 5.78 Å². The van der Waals surface area contributed by atoms with Crippen LogP contribution >= 0.6 is 0 Å². The highest BCUT2D eigenvalue weighted by Crippen LogP contribution is 2.23. The maximum atomic E-state index is 13.9. The molecule has 0 aliphatic heterocycles. The molecule has 2 aromatic rings. The smallest absolute Gasteiger partial charge is 0.160 e. The molecular formula is C21H22FNO. The fourth-order valence-electron chi connectivity index (χ4n) is 2.57. The van der Waals surface area contributed by atoms with Gasteiger partial charge in [0.2, 0.25) is 0 Å². The molecule has 0 unspecified atom stereocenters. The number of nitrogens with one attached hydrogen (secondary N) is 1. The van der Waals surface area contributed by atoms with Gasteiger partial charge in [-0.3, -0.25) is 4.79 Å². The maximum Gasteiger partial charge on any atom is 0.160 e. The Morgan fingerprint density at radius 3 is 2.58 bits per heavy atom. The van der Waals surface area contributed by atoms with Crippen molar-refractivity contribution in [1.29, 1.82) is 0 Å². The molecule has 0 aromatic heterocycles. The topological polar surface area (TPSA) is 29.1 Å². The largest absolute Gasteiger partial charge is 0.381 e. The molecule has 1 N–H and O–H groups in total. The number of allylic oxidation sites excluding steroid dienone is 1. The number of carbonyl (C=O) groups is 1. The first-order valence-electron chi connectivity index (χ1n) is 7.89. The maximum absolute atomic E-state index is 13.9. The van der Waals surface area contributed by atoms with Gasteiger partial charge < -0.3 is 5.32 Å². The zero-order valence-electron chi connectivity index (χ0n) is 14.3. The van der Waals surface area contributed by atoms with Crippen LogP contribution in [-0.4, -0.2) is 5.78 Å². The number of hydrogen-bond donors (Lipinski definition) is 1. The molecule has 124 valence electrons. The predicted molar refractivity (Wildman–Crippen MR) is 98.2 cm³/mol. The van der Waals surface area contributed by atoms with Crippen LogP contribution in [0.1, 0.15) is 46.5 Å². The summed E-state index contributed by atoms with van der Waals surface area (Å²) in [4.78, 5) is 11.8. The fourth-order valence-corrected chi connectivity index (χ4v) is 2.57. The molecule has 24 heavy (non-hydrogen) atoms. The van der Waals surface area contributed by atoms with Crippen molar-refractivity contribution < 1.29 is 9.18 Å². The van der Waals surface area contributed by atoms with E-state index in [0.29, 0.717) is 23.4 Å². The quantitative estimate of drug-likeness (QED) is 0.747. The SMILES string of the molecule is C=C(NCc1ccc(C)cc1F)c1cccc(C(C)=O)c1/C=C\C. The van der Waals surface area contributed by atoms with Crippen LogP contribution in [0.15, 0.2) is 49.1 Å². The Kier molecular flexibility index (Phi) is 5.69. The lowest BCUT2D eigenvalue weighted by molar-refractivity contribution is 0.101. The van der Waals surface area contributed by atoms with Crippen LogP contribution in [0.25, 0.3) is 11.8 Å². The van der Waals surface area contributed by atoms with E-state index in [1.807, 2.05) is 44.2 Å². The molecule has 2 nitrogen and oxygen atoms in total. The summed E-state index contributed by atoms with van der Waals surface area (Å²) in [7, 11) is 0. The van der Waals surface area contributed by atoms with Gasteiger partial charge in [0.05, 0.1) is 0 Å². The summed E-state index contributed by atoms with van der Waals surface area (Å²) in [6.45, 7) is 9.69. The van der Waals surface area contributed by atoms with Crippen molar-refractivity contribution in [3.05, 3.63) is 82.7 Å². The number of halogens is 1. The van der Waals surface area contributed by atoms with Gasteiger partial charge in [0.1, 0.15) is 5.82 Å². The highest BCUT2D eigenvalue weighted by molar-refractivity contribution is 5.99. The molecule has 2 rings (SSSR count). The molecule has 0 heterocycles. The summed E-state index contributed by atoms with van der Waals surface area (Å²) >= 11 is 0. The molecular weight excluding hydrogens is 301 g/mol. The monoisotopic (exact) mass is 323 g/mol. The minimum atomic E-state index is -0.235. The normalized spacial score (nSPS) is 10.8. The van der Waals surface area contributed by atoms with Gasteiger partial charge in [-0.15, -0.1) is 0 Å². The minimum absolute atomic E-state index is 0.00216. The van der Waals surface area contributed by atoms with Crippen molar-refractivity contribution in [2.75, 3.05) is 0 Å². The molecule has 0 amide bonds. The predicted octanol–water partition coefficient (Wildman–Crippen LogP) is 5.13. The zero-order valence-corrected chi connectivity index (χ0v) is 14.3. The van der Waals surface area contributed by atoms with E-state index in [4.69, 9.17) is 0 Å². The molecule has 0 saturated carbocycles. The van der Waals surface area contributed by atoms with Crippen LogP contribution in [0.2, 0.25) is 0 Å². The van der Waals surface area contributed by atoms with Crippen molar-refractivity contribution in [1.82, 2.24) is 5.32 Å². The van der Waals surface area contributed by atoms with E-state index in [-0.39, 0.29) is 11.6 Å². The van der Waals surface area contributed by atoms with Crippen LogP contribution in [0.4, 0.5) is 4.39 Å². The molecule has 0 aliphatic carbocycles. The van der Waals surface area contributed by atoms with Crippen LogP contribution < -0.4 is 5.32 Å². The second-order valence-electron chi connectivity index (χ2n) is 5.75. The Morgan fingerprint density at radius 2 is 1.96 bits per heavy atom. The van der Waals surface area contributed by atoms with Crippen molar-refractivity contribution in [3.63, 3.8) is 0 Å². The van der Waals surface area contributed by atoms with E-state index in [2.05, 4.69) is 11.9 Å².